The molecular formula is C14H25N3O4. The van der Waals surface area contributed by atoms with Crippen molar-refractivity contribution in [2.75, 3.05) is 20.1 Å². The van der Waals surface area contributed by atoms with E-state index in [1.54, 1.807) is 0 Å². The zero-order chi connectivity index (χ0) is 16.0. The molecule has 0 bridgehead atoms. The molecule has 1 saturated carbocycles. The van der Waals surface area contributed by atoms with Gasteiger partial charge in [0.15, 0.2) is 0 Å². The number of carbonyl (C=O) groups excluding carboxylic acids is 2. The lowest BCUT2D eigenvalue weighted by atomic mass is 10.2. The molecule has 0 spiro atoms. The number of carboxylic acids is 1. The second-order valence-electron chi connectivity index (χ2n) is 5.82. The number of likely N-dealkylation sites (N-methyl/N-ethyl adjacent to an activating group) is 1. The second-order valence-corrected chi connectivity index (χ2v) is 5.82. The van der Waals surface area contributed by atoms with Gasteiger partial charge in [-0.25, -0.2) is 4.79 Å². The van der Waals surface area contributed by atoms with Crippen LogP contribution in [0.15, 0.2) is 0 Å². The molecule has 0 radical (unpaired) electrons. The summed E-state index contributed by atoms with van der Waals surface area (Å²) in [7, 11) is 1.52. The van der Waals surface area contributed by atoms with Gasteiger partial charge in [0, 0.05) is 19.1 Å². The van der Waals surface area contributed by atoms with E-state index < -0.39 is 12.0 Å². The van der Waals surface area contributed by atoms with E-state index in [1.807, 2.05) is 13.8 Å². The summed E-state index contributed by atoms with van der Waals surface area (Å²) < 4.78 is 0. The van der Waals surface area contributed by atoms with Crippen LogP contribution in [-0.4, -0.2) is 65.0 Å². The van der Waals surface area contributed by atoms with E-state index >= 15 is 0 Å². The summed E-state index contributed by atoms with van der Waals surface area (Å²) in [6.45, 7) is 3.30. The number of rotatable bonds is 6. The normalized spacial score (nSPS) is 15.0. The highest BCUT2D eigenvalue weighted by Crippen LogP contribution is 2.24. The third-order valence-corrected chi connectivity index (χ3v) is 3.47. The molecule has 3 amide bonds. The summed E-state index contributed by atoms with van der Waals surface area (Å²) in [6.07, 6.45) is 3.66. The first-order chi connectivity index (χ1) is 9.81. The number of amides is 3. The summed E-state index contributed by atoms with van der Waals surface area (Å²) in [5, 5.41) is 11.7. The van der Waals surface area contributed by atoms with Gasteiger partial charge in [-0.1, -0.05) is 12.8 Å². The van der Waals surface area contributed by atoms with Crippen molar-refractivity contribution in [3.05, 3.63) is 0 Å². The van der Waals surface area contributed by atoms with Crippen LogP contribution in [0, 0.1) is 0 Å². The molecule has 1 aliphatic carbocycles. The lowest BCUT2D eigenvalue weighted by molar-refractivity contribution is -0.138. The Morgan fingerprint density at radius 1 is 1.19 bits per heavy atom. The fourth-order valence-electron chi connectivity index (χ4n) is 2.58. The highest BCUT2D eigenvalue weighted by Gasteiger charge is 2.30. The lowest BCUT2D eigenvalue weighted by Gasteiger charge is -2.31. The fraction of sp³-hybridized carbons (Fsp3) is 0.786. The van der Waals surface area contributed by atoms with Crippen LogP contribution in [0.3, 0.4) is 0 Å². The maximum Gasteiger partial charge on any atom is 0.323 e. The van der Waals surface area contributed by atoms with Crippen molar-refractivity contribution in [2.24, 2.45) is 0 Å². The van der Waals surface area contributed by atoms with E-state index in [1.165, 1.54) is 16.8 Å². The molecule has 1 aliphatic rings. The van der Waals surface area contributed by atoms with Gasteiger partial charge in [0.1, 0.15) is 13.1 Å². The molecular weight excluding hydrogens is 274 g/mol. The van der Waals surface area contributed by atoms with Crippen LogP contribution in [0.4, 0.5) is 4.79 Å². The van der Waals surface area contributed by atoms with E-state index in [-0.39, 0.29) is 31.1 Å². The van der Waals surface area contributed by atoms with Crippen LogP contribution in [0.2, 0.25) is 0 Å². The largest absolute Gasteiger partial charge is 0.480 e. The number of nitrogens with one attached hydrogen (secondary N) is 1. The summed E-state index contributed by atoms with van der Waals surface area (Å²) in [5.74, 6) is -1.28. The van der Waals surface area contributed by atoms with Crippen molar-refractivity contribution in [2.45, 2.75) is 51.6 Å². The predicted molar refractivity (Wildman–Crippen MR) is 77.9 cm³/mol. The van der Waals surface area contributed by atoms with E-state index in [0.29, 0.717) is 0 Å². The molecule has 1 fully saturated rings. The van der Waals surface area contributed by atoms with Crippen LogP contribution in [0.25, 0.3) is 0 Å². The topological polar surface area (TPSA) is 90.0 Å². The third kappa shape index (κ3) is 5.61. The Morgan fingerprint density at radius 3 is 2.24 bits per heavy atom. The van der Waals surface area contributed by atoms with E-state index in [4.69, 9.17) is 5.11 Å². The monoisotopic (exact) mass is 299 g/mol. The number of hydrogen-bond donors (Lipinski definition) is 2. The lowest BCUT2D eigenvalue weighted by Crippen LogP contribution is -2.50. The Labute approximate surface area is 125 Å². The average molecular weight is 299 g/mol. The van der Waals surface area contributed by atoms with Gasteiger partial charge in [-0.2, -0.15) is 0 Å². The minimum absolute atomic E-state index is 0.00552. The van der Waals surface area contributed by atoms with Gasteiger partial charge in [0.25, 0.3) is 0 Å². The minimum Gasteiger partial charge on any atom is -0.480 e. The SMILES string of the molecule is CC(C)NC(=O)CN(C)C(=O)N(CC(=O)O)C1CCCC1. The summed E-state index contributed by atoms with van der Waals surface area (Å²) in [6, 6.07) is -0.432. The molecule has 0 saturated heterocycles. The molecule has 0 aliphatic heterocycles. The van der Waals surface area contributed by atoms with Crippen LogP contribution < -0.4 is 5.32 Å². The highest BCUT2D eigenvalue weighted by atomic mass is 16.4. The third-order valence-electron chi connectivity index (χ3n) is 3.47. The number of carboxylic acid groups (broad SMARTS) is 1. The van der Waals surface area contributed by atoms with Crippen LogP contribution in [0.1, 0.15) is 39.5 Å². The molecule has 0 atom stereocenters. The Morgan fingerprint density at radius 2 is 1.76 bits per heavy atom. The first-order valence-corrected chi connectivity index (χ1v) is 7.34. The van der Waals surface area contributed by atoms with Gasteiger partial charge in [0.2, 0.25) is 5.91 Å². The number of hydrogen-bond acceptors (Lipinski definition) is 3. The number of carbonyl (C=O) groups is 3. The molecule has 7 heteroatoms. The predicted octanol–water partition coefficient (Wildman–Crippen LogP) is 0.892. The minimum atomic E-state index is -1.03. The molecule has 21 heavy (non-hydrogen) atoms. The zero-order valence-electron chi connectivity index (χ0n) is 13.0. The molecule has 0 aromatic rings. The highest BCUT2D eigenvalue weighted by molar-refractivity contribution is 5.85. The van der Waals surface area contributed by atoms with Gasteiger partial charge in [-0.3, -0.25) is 9.59 Å². The van der Waals surface area contributed by atoms with Crippen molar-refractivity contribution in [1.82, 2.24) is 15.1 Å². The van der Waals surface area contributed by atoms with E-state index in [2.05, 4.69) is 5.32 Å². The zero-order valence-corrected chi connectivity index (χ0v) is 13.0. The van der Waals surface area contributed by atoms with Crippen LogP contribution in [-0.2, 0) is 9.59 Å². The molecule has 120 valence electrons. The molecule has 1 rings (SSSR count). The molecule has 2 N–H and O–H groups in total. The van der Waals surface area contributed by atoms with Gasteiger partial charge < -0.3 is 20.2 Å². The van der Waals surface area contributed by atoms with Gasteiger partial charge in [-0.15, -0.1) is 0 Å². The van der Waals surface area contributed by atoms with Gasteiger partial charge in [-0.05, 0) is 26.7 Å². The number of aliphatic carboxylic acids is 1. The van der Waals surface area contributed by atoms with Gasteiger partial charge in [0.05, 0.1) is 0 Å². The second kappa shape index (κ2) is 7.85. The summed E-state index contributed by atoms with van der Waals surface area (Å²) in [4.78, 5) is 37.7. The fourth-order valence-corrected chi connectivity index (χ4v) is 2.58. The van der Waals surface area contributed by atoms with Crippen molar-refractivity contribution < 1.29 is 19.5 Å². The maximum atomic E-state index is 12.4. The standard InChI is InChI=1S/C14H25N3O4/c1-10(2)15-12(18)8-16(3)14(21)17(9-13(19)20)11-6-4-5-7-11/h10-11H,4-9H2,1-3H3,(H,15,18)(H,19,20). The smallest absolute Gasteiger partial charge is 0.323 e. The van der Waals surface area contributed by atoms with Crippen molar-refractivity contribution >= 4 is 17.9 Å². The summed E-state index contributed by atoms with van der Waals surface area (Å²) in [5.41, 5.74) is 0. The Kier molecular flexibility index (Phi) is 6.45. The van der Waals surface area contributed by atoms with Crippen molar-refractivity contribution in [3.8, 4) is 0 Å². The molecule has 0 unspecified atom stereocenters. The Balaban J connectivity index is 2.65. The Hall–Kier alpha value is -1.79. The Bertz CT molecular complexity index is 392. The quantitative estimate of drug-likeness (QED) is 0.762. The molecule has 7 nitrogen and oxygen atoms in total. The van der Waals surface area contributed by atoms with Crippen molar-refractivity contribution in [1.29, 1.82) is 0 Å². The number of urea groups is 1. The van der Waals surface area contributed by atoms with Gasteiger partial charge >= 0.3 is 12.0 Å². The maximum absolute atomic E-state index is 12.4. The molecule has 0 heterocycles. The van der Waals surface area contributed by atoms with Crippen LogP contribution in [0.5, 0.6) is 0 Å². The van der Waals surface area contributed by atoms with E-state index in [9.17, 15) is 14.4 Å². The van der Waals surface area contributed by atoms with Crippen LogP contribution >= 0.6 is 0 Å². The average Bonchev–Trinajstić information content (AvgIpc) is 2.87. The summed E-state index contributed by atoms with van der Waals surface area (Å²) >= 11 is 0. The first-order valence-electron chi connectivity index (χ1n) is 7.34. The molecule has 0 aromatic carbocycles. The van der Waals surface area contributed by atoms with Crippen molar-refractivity contribution in [3.63, 3.8) is 0 Å². The molecule has 0 aromatic heterocycles. The van der Waals surface area contributed by atoms with E-state index in [0.717, 1.165) is 25.7 Å². The number of nitrogens with zero attached hydrogens (tertiary/aromatic N) is 2. The first kappa shape index (κ1) is 17.3.